The lowest BCUT2D eigenvalue weighted by Crippen LogP contribution is -2.56. The molecule has 1 fully saturated rings. The maximum atomic E-state index is 12.3. The summed E-state index contributed by atoms with van der Waals surface area (Å²) in [4.78, 5) is 28.9. The lowest BCUT2D eigenvalue weighted by atomic mass is 9.88. The topological polar surface area (TPSA) is 64.7 Å². The van der Waals surface area contributed by atoms with Crippen molar-refractivity contribution < 1.29 is 9.59 Å². The Morgan fingerprint density at radius 3 is 1.35 bits per heavy atom. The van der Waals surface area contributed by atoms with E-state index in [4.69, 9.17) is 0 Å². The van der Waals surface area contributed by atoms with Crippen molar-refractivity contribution in [2.24, 2.45) is 0 Å². The predicted molar refractivity (Wildman–Crippen MR) is 107 cm³/mol. The molecule has 1 rings (SSSR count). The van der Waals surface area contributed by atoms with Crippen LogP contribution in [0.2, 0.25) is 0 Å². The van der Waals surface area contributed by atoms with Crippen molar-refractivity contribution in [3.05, 3.63) is 0 Å². The quantitative estimate of drug-likeness (QED) is 0.753. The smallest absolute Gasteiger partial charge is 0.234 e. The number of hydrogen-bond donors (Lipinski definition) is 2. The van der Waals surface area contributed by atoms with Crippen LogP contribution in [-0.4, -0.2) is 72.0 Å². The van der Waals surface area contributed by atoms with Gasteiger partial charge in [-0.15, -0.1) is 0 Å². The molecule has 0 aromatic heterocycles. The van der Waals surface area contributed by atoms with E-state index in [9.17, 15) is 9.59 Å². The Hall–Kier alpha value is -1.14. The molecular formula is C20H40N4O2. The Morgan fingerprint density at radius 2 is 1.08 bits per heavy atom. The van der Waals surface area contributed by atoms with E-state index in [-0.39, 0.29) is 22.9 Å². The molecule has 2 amide bonds. The van der Waals surface area contributed by atoms with E-state index in [1.807, 2.05) is 55.6 Å². The van der Waals surface area contributed by atoms with Gasteiger partial charge in [-0.05, 0) is 68.5 Å². The highest BCUT2D eigenvalue weighted by atomic mass is 16.2. The summed E-state index contributed by atoms with van der Waals surface area (Å²) < 4.78 is 0. The number of nitrogens with zero attached hydrogens (tertiary/aromatic N) is 2. The summed E-state index contributed by atoms with van der Waals surface area (Å²) in [5.41, 5.74) is -0.433. The summed E-state index contributed by atoms with van der Waals surface area (Å²) in [6, 6.07) is 0.587. The highest BCUT2D eigenvalue weighted by molar-refractivity contribution is 5.79. The van der Waals surface area contributed by atoms with E-state index in [1.54, 1.807) is 0 Å². The zero-order chi connectivity index (χ0) is 20.1. The molecular weight excluding hydrogens is 328 g/mol. The van der Waals surface area contributed by atoms with Gasteiger partial charge in [0.25, 0.3) is 0 Å². The number of rotatable bonds is 6. The van der Waals surface area contributed by atoms with Gasteiger partial charge in [0.05, 0.1) is 13.1 Å². The first-order valence-electron chi connectivity index (χ1n) is 9.81. The minimum absolute atomic E-state index is 0.0532. The molecule has 0 aromatic carbocycles. The molecule has 2 atom stereocenters. The summed E-state index contributed by atoms with van der Waals surface area (Å²) in [7, 11) is 4.04. The van der Waals surface area contributed by atoms with E-state index < -0.39 is 0 Å². The summed E-state index contributed by atoms with van der Waals surface area (Å²) in [5.74, 6) is 0.106. The molecule has 1 aliphatic rings. The molecule has 26 heavy (non-hydrogen) atoms. The summed E-state index contributed by atoms with van der Waals surface area (Å²) in [6.45, 7) is 12.8. The number of nitrogens with one attached hydrogen (secondary N) is 2. The van der Waals surface area contributed by atoms with Gasteiger partial charge in [-0.25, -0.2) is 0 Å². The van der Waals surface area contributed by atoms with Gasteiger partial charge >= 0.3 is 0 Å². The van der Waals surface area contributed by atoms with Crippen molar-refractivity contribution in [2.75, 3.05) is 27.2 Å². The SMILES string of the molecule is CN(CC(=O)NC(C)(C)C)[C@@H]1CCCC[C@@H]1N(C)CC(=O)NC(C)(C)C. The molecule has 0 saturated heterocycles. The van der Waals surface area contributed by atoms with Crippen LogP contribution in [0.3, 0.4) is 0 Å². The largest absolute Gasteiger partial charge is 0.350 e. The van der Waals surface area contributed by atoms with Gasteiger partial charge in [-0.1, -0.05) is 12.8 Å². The zero-order valence-electron chi connectivity index (χ0n) is 18.1. The number of carbonyl (C=O) groups is 2. The number of hydrogen-bond acceptors (Lipinski definition) is 4. The molecule has 6 heteroatoms. The highest BCUT2D eigenvalue weighted by Crippen LogP contribution is 2.26. The fraction of sp³-hybridized carbons (Fsp3) is 0.900. The van der Waals surface area contributed by atoms with E-state index in [1.165, 1.54) is 12.8 Å². The van der Waals surface area contributed by atoms with Crippen LogP contribution in [0.25, 0.3) is 0 Å². The Labute approximate surface area is 160 Å². The Morgan fingerprint density at radius 1 is 0.769 bits per heavy atom. The van der Waals surface area contributed by atoms with Gasteiger partial charge in [0.2, 0.25) is 11.8 Å². The lowest BCUT2D eigenvalue weighted by Gasteiger charge is -2.42. The molecule has 1 saturated carbocycles. The summed E-state index contributed by atoms with van der Waals surface area (Å²) >= 11 is 0. The molecule has 152 valence electrons. The zero-order valence-corrected chi connectivity index (χ0v) is 18.1. The minimum Gasteiger partial charge on any atom is -0.350 e. The van der Waals surface area contributed by atoms with Crippen LogP contribution in [0.15, 0.2) is 0 Å². The molecule has 1 aliphatic carbocycles. The molecule has 0 aromatic rings. The van der Waals surface area contributed by atoms with Crippen LogP contribution in [0, 0.1) is 0 Å². The van der Waals surface area contributed by atoms with Gasteiger partial charge in [0.1, 0.15) is 0 Å². The third kappa shape index (κ3) is 8.49. The van der Waals surface area contributed by atoms with Crippen molar-refractivity contribution in [3.63, 3.8) is 0 Å². The van der Waals surface area contributed by atoms with E-state index in [0.717, 1.165) is 12.8 Å². The van der Waals surface area contributed by atoms with Gasteiger partial charge in [0.15, 0.2) is 0 Å². The number of amides is 2. The van der Waals surface area contributed by atoms with Crippen molar-refractivity contribution >= 4 is 11.8 Å². The average Bonchev–Trinajstić information content (AvgIpc) is 2.42. The standard InChI is InChI=1S/C20H40N4O2/c1-19(2,3)21-17(25)13-23(7)15-11-9-10-12-16(15)24(8)14-18(26)22-20(4,5)6/h15-16H,9-14H2,1-8H3,(H,21,25)(H,22,26)/t15-,16+. The molecule has 0 aliphatic heterocycles. The van der Waals surface area contributed by atoms with Crippen molar-refractivity contribution in [2.45, 2.75) is 90.4 Å². The van der Waals surface area contributed by atoms with E-state index in [0.29, 0.717) is 25.2 Å². The predicted octanol–water partition coefficient (Wildman–Crippen LogP) is 1.99. The lowest BCUT2D eigenvalue weighted by molar-refractivity contribution is -0.126. The van der Waals surface area contributed by atoms with Gasteiger partial charge in [-0.3, -0.25) is 19.4 Å². The molecule has 0 unspecified atom stereocenters. The molecule has 0 radical (unpaired) electrons. The fourth-order valence-electron chi connectivity index (χ4n) is 3.72. The second kappa shape index (κ2) is 9.18. The number of carbonyl (C=O) groups excluding carboxylic acids is 2. The van der Waals surface area contributed by atoms with Crippen molar-refractivity contribution in [1.82, 2.24) is 20.4 Å². The second-order valence-electron chi connectivity index (χ2n) is 9.85. The Balaban J connectivity index is 2.67. The van der Waals surface area contributed by atoms with Gasteiger partial charge in [0, 0.05) is 23.2 Å². The Kier molecular flexibility index (Phi) is 8.08. The molecule has 0 spiro atoms. The molecule has 2 N–H and O–H groups in total. The summed E-state index contributed by atoms with van der Waals surface area (Å²) in [5, 5.41) is 6.07. The maximum absolute atomic E-state index is 12.3. The van der Waals surface area contributed by atoms with Crippen LogP contribution >= 0.6 is 0 Å². The first-order chi connectivity index (χ1) is 11.8. The van der Waals surface area contributed by atoms with Gasteiger partial charge < -0.3 is 10.6 Å². The monoisotopic (exact) mass is 368 g/mol. The second-order valence-corrected chi connectivity index (χ2v) is 9.85. The van der Waals surface area contributed by atoms with Gasteiger partial charge in [-0.2, -0.15) is 0 Å². The number of likely N-dealkylation sites (N-methyl/N-ethyl adjacent to an activating group) is 2. The van der Waals surface area contributed by atoms with Crippen LogP contribution in [-0.2, 0) is 9.59 Å². The van der Waals surface area contributed by atoms with Crippen LogP contribution in [0.4, 0.5) is 0 Å². The third-order valence-corrected chi connectivity index (χ3v) is 4.64. The maximum Gasteiger partial charge on any atom is 0.234 e. The van der Waals surface area contributed by atoms with Crippen LogP contribution in [0.1, 0.15) is 67.2 Å². The summed E-state index contributed by atoms with van der Waals surface area (Å²) in [6.07, 6.45) is 4.48. The molecule has 0 bridgehead atoms. The van der Waals surface area contributed by atoms with E-state index >= 15 is 0 Å². The van der Waals surface area contributed by atoms with Crippen molar-refractivity contribution in [3.8, 4) is 0 Å². The fourth-order valence-corrected chi connectivity index (χ4v) is 3.72. The highest BCUT2D eigenvalue weighted by Gasteiger charge is 2.33. The van der Waals surface area contributed by atoms with E-state index in [2.05, 4.69) is 20.4 Å². The normalized spacial score (nSPS) is 21.8. The first kappa shape index (κ1) is 22.9. The molecule has 6 nitrogen and oxygen atoms in total. The third-order valence-electron chi connectivity index (χ3n) is 4.64. The van der Waals surface area contributed by atoms with Crippen LogP contribution in [0.5, 0.6) is 0 Å². The Bertz CT molecular complexity index is 435. The molecule has 0 heterocycles. The average molecular weight is 369 g/mol. The van der Waals surface area contributed by atoms with Crippen molar-refractivity contribution in [1.29, 1.82) is 0 Å². The van der Waals surface area contributed by atoms with Crippen LogP contribution < -0.4 is 10.6 Å². The minimum atomic E-state index is -0.217. The first-order valence-corrected chi connectivity index (χ1v) is 9.81.